The number of amides is 1. The molecule has 0 aromatic heterocycles. The first-order valence-electron chi connectivity index (χ1n) is 9.46. The summed E-state index contributed by atoms with van der Waals surface area (Å²) in [6, 6.07) is 14.8. The van der Waals surface area contributed by atoms with Crippen molar-refractivity contribution < 1.29 is 19.1 Å². The van der Waals surface area contributed by atoms with Crippen LogP contribution >= 0.6 is 0 Å². The standard InChI is InChI=1S/C22H22N2O4/c1-15(25)16-6-8-17(9-7-16)23-10-12-24(13-11-23)21(26)14-20-18-4-2-3-5-19(18)22(27)28-20/h2-9,20H,10-14H2,1H3/t20-/m1/s1. The lowest BCUT2D eigenvalue weighted by atomic mass is 10.0. The molecule has 144 valence electrons. The average Bonchev–Trinajstić information content (AvgIpc) is 3.04. The first-order chi connectivity index (χ1) is 13.5. The van der Waals surface area contributed by atoms with Crippen molar-refractivity contribution in [3.05, 3.63) is 65.2 Å². The maximum absolute atomic E-state index is 12.7. The lowest BCUT2D eigenvalue weighted by Crippen LogP contribution is -2.49. The maximum Gasteiger partial charge on any atom is 0.339 e. The van der Waals surface area contributed by atoms with Crippen molar-refractivity contribution in [1.82, 2.24) is 4.90 Å². The van der Waals surface area contributed by atoms with Gasteiger partial charge in [0.15, 0.2) is 5.78 Å². The molecule has 2 heterocycles. The van der Waals surface area contributed by atoms with E-state index >= 15 is 0 Å². The van der Waals surface area contributed by atoms with Gasteiger partial charge in [-0.25, -0.2) is 4.79 Å². The first kappa shape index (κ1) is 18.2. The highest BCUT2D eigenvalue weighted by molar-refractivity contribution is 5.95. The fourth-order valence-electron chi connectivity index (χ4n) is 3.78. The Bertz CT molecular complexity index is 914. The van der Waals surface area contributed by atoms with Crippen LogP contribution in [0.25, 0.3) is 0 Å². The number of anilines is 1. The molecule has 0 aliphatic carbocycles. The molecule has 0 unspecified atom stereocenters. The van der Waals surface area contributed by atoms with E-state index in [2.05, 4.69) is 4.90 Å². The molecule has 2 aliphatic rings. The molecule has 2 aromatic rings. The van der Waals surface area contributed by atoms with E-state index < -0.39 is 6.10 Å². The summed E-state index contributed by atoms with van der Waals surface area (Å²) < 4.78 is 5.39. The predicted molar refractivity (Wildman–Crippen MR) is 104 cm³/mol. The number of esters is 1. The number of carbonyl (C=O) groups is 3. The summed E-state index contributed by atoms with van der Waals surface area (Å²) >= 11 is 0. The number of ketones is 1. The number of ether oxygens (including phenoxy) is 1. The molecule has 28 heavy (non-hydrogen) atoms. The van der Waals surface area contributed by atoms with E-state index in [-0.39, 0.29) is 24.1 Å². The van der Waals surface area contributed by atoms with E-state index in [0.717, 1.165) is 24.3 Å². The van der Waals surface area contributed by atoms with Crippen LogP contribution in [0.2, 0.25) is 0 Å². The van der Waals surface area contributed by atoms with Crippen molar-refractivity contribution >= 4 is 23.3 Å². The molecule has 1 atom stereocenters. The Morgan fingerprint density at radius 3 is 2.36 bits per heavy atom. The van der Waals surface area contributed by atoms with Gasteiger partial charge < -0.3 is 14.5 Å². The van der Waals surface area contributed by atoms with Crippen LogP contribution in [0.1, 0.15) is 45.7 Å². The van der Waals surface area contributed by atoms with Crippen LogP contribution in [-0.2, 0) is 9.53 Å². The van der Waals surface area contributed by atoms with Crippen molar-refractivity contribution in [3.8, 4) is 0 Å². The summed E-state index contributed by atoms with van der Waals surface area (Å²) in [7, 11) is 0. The number of rotatable bonds is 4. The molecular formula is C22H22N2O4. The van der Waals surface area contributed by atoms with Gasteiger partial charge >= 0.3 is 5.97 Å². The second-order valence-corrected chi connectivity index (χ2v) is 7.16. The van der Waals surface area contributed by atoms with Crippen LogP contribution < -0.4 is 4.90 Å². The Morgan fingerprint density at radius 2 is 1.68 bits per heavy atom. The number of fused-ring (bicyclic) bond motifs is 1. The summed E-state index contributed by atoms with van der Waals surface area (Å²) in [5, 5.41) is 0. The van der Waals surface area contributed by atoms with Gasteiger partial charge in [-0.15, -0.1) is 0 Å². The van der Waals surface area contributed by atoms with Crippen LogP contribution in [0.4, 0.5) is 5.69 Å². The number of hydrogen-bond donors (Lipinski definition) is 0. The van der Waals surface area contributed by atoms with E-state index in [4.69, 9.17) is 4.74 Å². The van der Waals surface area contributed by atoms with Gasteiger partial charge in [-0.05, 0) is 37.3 Å². The van der Waals surface area contributed by atoms with Crippen molar-refractivity contribution in [2.45, 2.75) is 19.4 Å². The molecule has 1 saturated heterocycles. The molecule has 0 radical (unpaired) electrons. The second-order valence-electron chi connectivity index (χ2n) is 7.16. The first-order valence-corrected chi connectivity index (χ1v) is 9.46. The SMILES string of the molecule is CC(=O)c1ccc(N2CCN(C(=O)C[C@H]3OC(=O)c4ccccc43)CC2)cc1. The predicted octanol–water partition coefficient (Wildman–Crippen LogP) is 2.84. The molecule has 1 amide bonds. The van der Waals surface area contributed by atoms with Crippen LogP contribution in [0.5, 0.6) is 0 Å². The molecule has 0 spiro atoms. The number of benzene rings is 2. The van der Waals surface area contributed by atoms with Crippen LogP contribution in [-0.4, -0.2) is 48.7 Å². The van der Waals surface area contributed by atoms with Crippen LogP contribution in [0.15, 0.2) is 48.5 Å². The lowest BCUT2D eigenvalue weighted by Gasteiger charge is -2.36. The second kappa shape index (κ2) is 7.46. The van der Waals surface area contributed by atoms with E-state index in [1.807, 2.05) is 41.3 Å². The molecular weight excluding hydrogens is 356 g/mol. The highest BCUT2D eigenvalue weighted by Gasteiger charge is 2.33. The smallest absolute Gasteiger partial charge is 0.339 e. The van der Waals surface area contributed by atoms with Gasteiger partial charge in [0, 0.05) is 43.0 Å². The Labute approximate surface area is 163 Å². The quantitative estimate of drug-likeness (QED) is 0.605. The Hall–Kier alpha value is -3.15. The molecule has 0 saturated carbocycles. The maximum atomic E-state index is 12.7. The molecule has 6 heteroatoms. The third kappa shape index (κ3) is 3.50. The van der Waals surface area contributed by atoms with Gasteiger partial charge in [0.25, 0.3) is 0 Å². The molecule has 6 nitrogen and oxygen atoms in total. The molecule has 1 fully saturated rings. The van der Waals surface area contributed by atoms with Gasteiger partial charge in [0.05, 0.1) is 12.0 Å². The zero-order chi connectivity index (χ0) is 19.7. The van der Waals surface area contributed by atoms with Gasteiger partial charge in [0.1, 0.15) is 6.10 Å². The van der Waals surface area contributed by atoms with Gasteiger partial charge in [-0.2, -0.15) is 0 Å². The number of carbonyl (C=O) groups excluding carboxylic acids is 3. The van der Waals surface area contributed by atoms with Crippen molar-refractivity contribution in [1.29, 1.82) is 0 Å². The minimum atomic E-state index is -0.492. The van der Waals surface area contributed by atoms with Crippen LogP contribution in [0, 0.1) is 0 Å². The van der Waals surface area contributed by atoms with Crippen LogP contribution in [0.3, 0.4) is 0 Å². The Balaban J connectivity index is 1.34. The number of hydrogen-bond acceptors (Lipinski definition) is 5. The highest BCUT2D eigenvalue weighted by Crippen LogP contribution is 2.33. The summed E-state index contributed by atoms with van der Waals surface area (Å²) in [5.74, 6) is -0.301. The van der Waals surface area contributed by atoms with Gasteiger partial charge in [0.2, 0.25) is 5.91 Å². The minimum absolute atomic E-state index is 0.00100. The Morgan fingerprint density at radius 1 is 1.00 bits per heavy atom. The Kier molecular flexibility index (Phi) is 4.86. The molecule has 4 rings (SSSR count). The largest absolute Gasteiger partial charge is 0.453 e. The number of cyclic esters (lactones) is 1. The lowest BCUT2D eigenvalue weighted by molar-refractivity contribution is -0.133. The molecule has 0 N–H and O–H groups in total. The summed E-state index contributed by atoms with van der Waals surface area (Å²) in [6.45, 7) is 4.25. The fourth-order valence-corrected chi connectivity index (χ4v) is 3.78. The highest BCUT2D eigenvalue weighted by atomic mass is 16.5. The fraction of sp³-hybridized carbons (Fsp3) is 0.318. The van der Waals surface area contributed by atoms with Crippen molar-refractivity contribution in [3.63, 3.8) is 0 Å². The van der Waals surface area contributed by atoms with E-state index in [9.17, 15) is 14.4 Å². The number of piperazine rings is 1. The number of nitrogens with zero attached hydrogens (tertiary/aromatic N) is 2. The van der Waals surface area contributed by atoms with E-state index in [0.29, 0.717) is 24.2 Å². The molecule has 0 bridgehead atoms. The minimum Gasteiger partial charge on any atom is -0.453 e. The van der Waals surface area contributed by atoms with E-state index in [1.54, 1.807) is 19.1 Å². The van der Waals surface area contributed by atoms with E-state index in [1.165, 1.54) is 0 Å². The topological polar surface area (TPSA) is 66.9 Å². The molecule has 2 aliphatic heterocycles. The monoisotopic (exact) mass is 378 g/mol. The van der Waals surface area contributed by atoms with Crippen molar-refractivity contribution in [2.75, 3.05) is 31.1 Å². The van der Waals surface area contributed by atoms with Gasteiger partial charge in [-0.3, -0.25) is 9.59 Å². The summed E-state index contributed by atoms with van der Waals surface area (Å²) in [5.41, 5.74) is 3.10. The van der Waals surface area contributed by atoms with Crippen molar-refractivity contribution in [2.24, 2.45) is 0 Å². The number of Topliss-reactive ketones (excluding diaryl/α,β-unsaturated/α-hetero) is 1. The third-order valence-corrected chi connectivity index (χ3v) is 5.41. The zero-order valence-electron chi connectivity index (χ0n) is 15.8. The zero-order valence-corrected chi connectivity index (χ0v) is 15.8. The summed E-state index contributed by atoms with van der Waals surface area (Å²) in [4.78, 5) is 40.1. The average molecular weight is 378 g/mol. The third-order valence-electron chi connectivity index (χ3n) is 5.41. The molecule has 2 aromatic carbocycles. The normalized spacial score (nSPS) is 18.6. The van der Waals surface area contributed by atoms with Gasteiger partial charge in [-0.1, -0.05) is 18.2 Å². The summed E-state index contributed by atoms with van der Waals surface area (Å²) in [6.07, 6.45) is -0.316.